The molecule has 0 aliphatic carbocycles. The van der Waals surface area contributed by atoms with E-state index in [1.165, 1.54) is 12.1 Å². The van der Waals surface area contributed by atoms with Crippen LogP contribution in [0.5, 0.6) is 0 Å². The minimum Gasteiger partial charge on any atom is -1.00 e. The van der Waals surface area contributed by atoms with Crippen LogP contribution in [-0.4, -0.2) is 24.0 Å². The van der Waals surface area contributed by atoms with Crippen molar-refractivity contribution in [2.45, 2.75) is 4.90 Å². The summed E-state index contributed by atoms with van der Waals surface area (Å²) in [6, 6.07) is 4.48. The molecule has 2 N–H and O–H groups in total. The second-order valence-electron chi connectivity index (χ2n) is 2.31. The predicted molar refractivity (Wildman–Crippen MR) is 44.3 cm³/mol. The Morgan fingerprint density at radius 2 is 1.93 bits per heavy atom. The molecular formula is C7H7KO5S. The Morgan fingerprint density at radius 3 is 2.36 bits per heavy atom. The quantitative estimate of drug-likeness (QED) is 0.451. The number of carboxylic acid groups (broad SMARTS) is 1. The van der Waals surface area contributed by atoms with Crippen molar-refractivity contribution < 1.29 is 75.7 Å². The van der Waals surface area contributed by atoms with Gasteiger partial charge in [0.05, 0.1) is 10.5 Å². The predicted octanol–water partition coefficient (Wildman–Crippen LogP) is -2.25. The Hall–Kier alpha value is 0.236. The fourth-order valence-electron chi connectivity index (χ4n) is 0.790. The summed E-state index contributed by atoms with van der Waals surface area (Å²) in [6.07, 6.45) is 0. The summed E-state index contributed by atoms with van der Waals surface area (Å²) in [6.45, 7) is 0. The number of benzene rings is 1. The number of rotatable bonds is 2. The molecule has 0 saturated carbocycles. The van der Waals surface area contributed by atoms with E-state index in [2.05, 4.69) is 0 Å². The van der Waals surface area contributed by atoms with E-state index >= 15 is 0 Å². The van der Waals surface area contributed by atoms with Gasteiger partial charge in [-0.15, -0.1) is 0 Å². The molecular weight excluding hydrogens is 235 g/mol. The van der Waals surface area contributed by atoms with E-state index in [-0.39, 0.29) is 58.4 Å². The monoisotopic (exact) mass is 242 g/mol. The molecule has 0 spiro atoms. The van der Waals surface area contributed by atoms with Crippen LogP contribution < -0.4 is 51.4 Å². The molecule has 1 rings (SSSR count). The Bertz CT molecular complexity index is 444. The number of carbonyl (C=O) groups is 1. The third kappa shape index (κ3) is 3.77. The average molecular weight is 242 g/mol. The third-order valence-electron chi connectivity index (χ3n) is 1.38. The molecule has 0 heterocycles. The van der Waals surface area contributed by atoms with E-state index in [0.717, 1.165) is 12.1 Å². The molecule has 0 fully saturated rings. The average Bonchev–Trinajstić information content (AvgIpc) is 2.03. The van der Waals surface area contributed by atoms with Crippen molar-refractivity contribution in [3.8, 4) is 0 Å². The topological polar surface area (TPSA) is 91.7 Å². The minimum absolute atomic E-state index is 0. The second-order valence-corrected chi connectivity index (χ2v) is 3.73. The molecule has 1 aromatic carbocycles. The zero-order chi connectivity index (χ0) is 10.1. The van der Waals surface area contributed by atoms with Gasteiger partial charge in [0.15, 0.2) is 0 Å². The SMILES string of the molecule is O=C(O)c1cccc(S(=O)(=O)O)c1.[H-].[K+]. The molecule has 0 aliphatic heterocycles. The molecule has 1 aromatic rings. The normalized spacial score (nSPS) is 10.4. The summed E-state index contributed by atoms with van der Waals surface area (Å²) in [5, 5.41) is 8.50. The molecule has 0 amide bonds. The van der Waals surface area contributed by atoms with Crippen LogP contribution in [0.4, 0.5) is 0 Å². The van der Waals surface area contributed by atoms with Crippen molar-refractivity contribution in [2.24, 2.45) is 0 Å². The minimum atomic E-state index is -4.32. The van der Waals surface area contributed by atoms with Gasteiger partial charge in [0.2, 0.25) is 0 Å². The van der Waals surface area contributed by atoms with E-state index < -0.39 is 21.0 Å². The van der Waals surface area contributed by atoms with Crippen LogP contribution in [0.25, 0.3) is 0 Å². The molecule has 0 aliphatic rings. The molecule has 72 valence electrons. The fourth-order valence-corrected chi connectivity index (χ4v) is 1.32. The first-order chi connectivity index (χ1) is 5.91. The van der Waals surface area contributed by atoms with Crippen molar-refractivity contribution in [1.82, 2.24) is 0 Å². The zero-order valence-corrected chi connectivity index (χ0v) is 11.3. The number of carboxylic acids is 1. The van der Waals surface area contributed by atoms with Gasteiger partial charge in [0.25, 0.3) is 10.1 Å². The van der Waals surface area contributed by atoms with Gasteiger partial charge in [-0.25, -0.2) is 4.79 Å². The Kier molecular flexibility index (Phi) is 5.45. The maximum absolute atomic E-state index is 10.6. The van der Waals surface area contributed by atoms with E-state index in [0.29, 0.717) is 0 Å². The standard InChI is InChI=1S/C7H6O5S.K.H/c8-7(9)5-2-1-3-6(4-5)13(10,11)12;;/h1-4H,(H,8,9)(H,10,11,12);;/q;+1;-1. The Labute approximate surface area is 125 Å². The summed E-state index contributed by atoms with van der Waals surface area (Å²) in [4.78, 5) is 9.98. The Balaban J connectivity index is 0. The first kappa shape index (κ1) is 14.2. The molecule has 14 heavy (non-hydrogen) atoms. The van der Waals surface area contributed by atoms with E-state index in [1.54, 1.807) is 0 Å². The molecule has 0 radical (unpaired) electrons. The van der Waals surface area contributed by atoms with Gasteiger partial charge in [0.1, 0.15) is 0 Å². The van der Waals surface area contributed by atoms with Crippen molar-refractivity contribution in [3.63, 3.8) is 0 Å². The molecule has 7 heteroatoms. The molecule has 0 aromatic heterocycles. The first-order valence-electron chi connectivity index (χ1n) is 3.22. The van der Waals surface area contributed by atoms with Crippen LogP contribution >= 0.6 is 0 Å². The van der Waals surface area contributed by atoms with Crippen LogP contribution in [-0.2, 0) is 10.1 Å². The molecule has 0 atom stereocenters. The van der Waals surface area contributed by atoms with Gasteiger partial charge in [0, 0.05) is 0 Å². The second kappa shape index (κ2) is 5.36. The molecule has 0 bridgehead atoms. The van der Waals surface area contributed by atoms with Crippen LogP contribution in [0.15, 0.2) is 29.2 Å². The zero-order valence-electron chi connectivity index (χ0n) is 8.34. The van der Waals surface area contributed by atoms with Gasteiger partial charge < -0.3 is 6.53 Å². The van der Waals surface area contributed by atoms with Gasteiger partial charge in [-0.1, -0.05) is 6.07 Å². The van der Waals surface area contributed by atoms with Gasteiger partial charge >= 0.3 is 57.4 Å². The third-order valence-corrected chi connectivity index (χ3v) is 2.23. The van der Waals surface area contributed by atoms with Gasteiger partial charge in [-0.2, -0.15) is 8.42 Å². The summed E-state index contributed by atoms with van der Waals surface area (Å²) < 4.78 is 29.7. The fraction of sp³-hybridized carbons (Fsp3) is 0. The van der Waals surface area contributed by atoms with Gasteiger partial charge in [-0.05, 0) is 18.2 Å². The smallest absolute Gasteiger partial charge is 1.00 e. The Morgan fingerprint density at radius 1 is 1.36 bits per heavy atom. The van der Waals surface area contributed by atoms with E-state index in [4.69, 9.17) is 9.66 Å². The van der Waals surface area contributed by atoms with Crippen LogP contribution in [0.3, 0.4) is 0 Å². The van der Waals surface area contributed by atoms with Crippen molar-refractivity contribution in [3.05, 3.63) is 29.8 Å². The maximum Gasteiger partial charge on any atom is 1.00 e. The van der Waals surface area contributed by atoms with Crippen LogP contribution in [0.1, 0.15) is 11.8 Å². The van der Waals surface area contributed by atoms with Gasteiger partial charge in [-0.3, -0.25) is 4.55 Å². The molecule has 0 unspecified atom stereocenters. The van der Waals surface area contributed by atoms with Crippen molar-refractivity contribution >= 4 is 16.1 Å². The van der Waals surface area contributed by atoms with E-state index in [9.17, 15) is 13.2 Å². The number of aromatic carboxylic acids is 1. The molecule has 5 nitrogen and oxygen atoms in total. The summed E-state index contributed by atoms with van der Waals surface area (Å²) >= 11 is 0. The first-order valence-corrected chi connectivity index (χ1v) is 4.66. The van der Waals surface area contributed by atoms with Crippen LogP contribution in [0.2, 0.25) is 0 Å². The maximum atomic E-state index is 10.6. The molecule has 0 saturated heterocycles. The summed E-state index contributed by atoms with van der Waals surface area (Å²) in [7, 11) is -4.32. The van der Waals surface area contributed by atoms with Crippen molar-refractivity contribution in [1.29, 1.82) is 0 Å². The summed E-state index contributed by atoms with van der Waals surface area (Å²) in [5.74, 6) is -1.24. The van der Waals surface area contributed by atoms with E-state index in [1.807, 2.05) is 0 Å². The van der Waals surface area contributed by atoms with Crippen molar-refractivity contribution in [2.75, 3.05) is 0 Å². The summed E-state index contributed by atoms with van der Waals surface area (Å²) in [5.41, 5.74) is -0.185. The largest absolute Gasteiger partial charge is 1.00 e. The number of hydrogen-bond acceptors (Lipinski definition) is 3. The number of hydrogen-bond donors (Lipinski definition) is 2. The van der Waals surface area contributed by atoms with Crippen LogP contribution in [0, 0.1) is 0 Å².